The second-order valence-electron chi connectivity index (χ2n) is 4.73. The van der Waals surface area contributed by atoms with Crippen molar-refractivity contribution >= 4 is 22.9 Å². The Hall–Kier alpha value is -1.68. The maximum absolute atomic E-state index is 11.9. The fourth-order valence-corrected chi connectivity index (χ4v) is 2.56. The molecule has 0 saturated carbocycles. The Labute approximate surface area is 117 Å². The van der Waals surface area contributed by atoms with Gasteiger partial charge in [0.1, 0.15) is 0 Å². The minimum Gasteiger partial charge on any atom is -0.326 e. The largest absolute Gasteiger partial charge is 0.326 e. The van der Waals surface area contributed by atoms with Crippen molar-refractivity contribution in [1.82, 2.24) is 4.98 Å². The molecule has 0 unspecified atom stereocenters. The standard InChI is InChI=1S/C15H18N2OS/c1-10-4-5-13(8-11(10)2)17-14(18)6-7-15-16-12(3)9-19-15/h4-5,8-9H,6-7H2,1-3H3,(H,17,18). The van der Waals surface area contributed by atoms with Crippen molar-refractivity contribution in [2.75, 3.05) is 5.32 Å². The van der Waals surface area contributed by atoms with Crippen molar-refractivity contribution in [3.8, 4) is 0 Å². The number of amides is 1. The van der Waals surface area contributed by atoms with E-state index in [4.69, 9.17) is 0 Å². The summed E-state index contributed by atoms with van der Waals surface area (Å²) in [5, 5.41) is 5.96. The van der Waals surface area contributed by atoms with E-state index < -0.39 is 0 Å². The molecule has 0 atom stereocenters. The van der Waals surface area contributed by atoms with Crippen LogP contribution >= 0.6 is 11.3 Å². The van der Waals surface area contributed by atoms with Crippen LogP contribution in [0.25, 0.3) is 0 Å². The lowest BCUT2D eigenvalue weighted by molar-refractivity contribution is -0.116. The summed E-state index contributed by atoms with van der Waals surface area (Å²) in [4.78, 5) is 16.2. The Morgan fingerprint density at radius 2 is 2.05 bits per heavy atom. The first-order valence-electron chi connectivity index (χ1n) is 6.32. The number of hydrogen-bond donors (Lipinski definition) is 1. The predicted molar refractivity (Wildman–Crippen MR) is 79.7 cm³/mol. The van der Waals surface area contributed by atoms with Gasteiger partial charge >= 0.3 is 0 Å². The molecule has 0 saturated heterocycles. The molecule has 0 aliphatic rings. The van der Waals surface area contributed by atoms with Crippen LogP contribution in [0.4, 0.5) is 5.69 Å². The van der Waals surface area contributed by atoms with Crippen molar-refractivity contribution in [1.29, 1.82) is 0 Å². The number of nitrogens with zero attached hydrogens (tertiary/aromatic N) is 1. The van der Waals surface area contributed by atoms with E-state index in [1.165, 1.54) is 11.1 Å². The third-order valence-corrected chi connectivity index (χ3v) is 4.05. The van der Waals surface area contributed by atoms with E-state index in [0.717, 1.165) is 16.4 Å². The average molecular weight is 274 g/mol. The van der Waals surface area contributed by atoms with Crippen LogP contribution in [-0.2, 0) is 11.2 Å². The summed E-state index contributed by atoms with van der Waals surface area (Å²) in [6.07, 6.45) is 1.18. The second-order valence-corrected chi connectivity index (χ2v) is 5.67. The van der Waals surface area contributed by atoms with Crippen molar-refractivity contribution in [2.24, 2.45) is 0 Å². The van der Waals surface area contributed by atoms with Gasteiger partial charge in [0.2, 0.25) is 5.91 Å². The predicted octanol–water partition coefficient (Wildman–Crippen LogP) is 3.64. The molecule has 1 heterocycles. The number of carbonyl (C=O) groups is 1. The van der Waals surface area contributed by atoms with Gasteiger partial charge in [-0.1, -0.05) is 6.07 Å². The average Bonchev–Trinajstić information content (AvgIpc) is 2.77. The number of aromatic nitrogens is 1. The third kappa shape index (κ3) is 3.89. The van der Waals surface area contributed by atoms with Crippen LogP contribution in [0.5, 0.6) is 0 Å². The summed E-state index contributed by atoms with van der Waals surface area (Å²) < 4.78 is 0. The number of benzene rings is 1. The fraction of sp³-hybridized carbons (Fsp3) is 0.333. The molecular weight excluding hydrogens is 256 g/mol. The molecule has 0 bridgehead atoms. The summed E-state index contributed by atoms with van der Waals surface area (Å²) in [6, 6.07) is 5.96. The van der Waals surface area contributed by atoms with Gasteiger partial charge in [0.15, 0.2) is 0 Å². The van der Waals surface area contributed by atoms with E-state index in [1.807, 2.05) is 37.4 Å². The summed E-state index contributed by atoms with van der Waals surface area (Å²) in [7, 11) is 0. The van der Waals surface area contributed by atoms with Gasteiger partial charge in [-0.25, -0.2) is 4.98 Å². The van der Waals surface area contributed by atoms with Gasteiger partial charge in [-0.15, -0.1) is 11.3 Å². The number of nitrogens with one attached hydrogen (secondary N) is 1. The van der Waals surface area contributed by atoms with E-state index in [1.54, 1.807) is 11.3 Å². The van der Waals surface area contributed by atoms with Crippen molar-refractivity contribution in [2.45, 2.75) is 33.6 Å². The first kappa shape index (κ1) is 13.7. The van der Waals surface area contributed by atoms with Crippen LogP contribution in [0.15, 0.2) is 23.6 Å². The molecule has 2 aromatic rings. The minimum atomic E-state index is 0.0381. The zero-order valence-electron chi connectivity index (χ0n) is 11.5. The Morgan fingerprint density at radius 1 is 1.26 bits per heavy atom. The lowest BCUT2D eigenvalue weighted by Crippen LogP contribution is -2.12. The molecule has 0 spiro atoms. The van der Waals surface area contributed by atoms with Crippen LogP contribution in [-0.4, -0.2) is 10.9 Å². The summed E-state index contributed by atoms with van der Waals surface area (Å²) >= 11 is 1.61. The Morgan fingerprint density at radius 3 is 2.68 bits per heavy atom. The van der Waals surface area contributed by atoms with Crippen LogP contribution in [0.1, 0.15) is 28.2 Å². The molecule has 1 amide bonds. The topological polar surface area (TPSA) is 42.0 Å². The molecule has 4 heteroatoms. The highest BCUT2D eigenvalue weighted by Gasteiger charge is 2.06. The lowest BCUT2D eigenvalue weighted by atomic mass is 10.1. The quantitative estimate of drug-likeness (QED) is 0.925. The zero-order valence-corrected chi connectivity index (χ0v) is 12.3. The van der Waals surface area contributed by atoms with Gasteiger partial charge in [0.25, 0.3) is 0 Å². The van der Waals surface area contributed by atoms with Gasteiger partial charge in [-0.3, -0.25) is 4.79 Å². The SMILES string of the molecule is Cc1csc(CCC(=O)Nc2ccc(C)c(C)c2)n1. The van der Waals surface area contributed by atoms with Gasteiger partial charge in [0.05, 0.1) is 5.01 Å². The second kappa shape index (κ2) is 5.97. The molecule has 19 heavy (non-hydrogen) atoms. The Kier molecular flexibility index (Phi) is 4.32. The number of aryl methyl sites for hydroxylation is 4. The highest BCUT2D eigenvalue weighted by molar-refractivity contribution is 7.09. The maximum atomic E-state index is 11.9. The van der Waals surface area contributed by atoms with E-state index in [2.05, 4.69) is 17.2 Å². The molecule has 100 valence electrons. The molecule has 2 rings (SSSR count). The molecule has 1 N–H and O–H groups in total. The number of rotatable bonds is 4. The molecule has 0 aliphatic heterocycles. The smallest absolute Gasteiger partial charge is 0.224 e. The van der Waals surface area contributed by atoms with Gasteiger partial charge < -0.3 is 5.32 Å². The van der Waals surface area contributed by atoms with Crippen LogP contribution < -0.4 is 5.32 Å². The van der Waals surface area contributed by atoms with Gasteiger partial charge in [-0.2, -0.15) is 0 Å². The number of thiazole rings is 1. The molecule has 3 nitrogen and oxygen atoms in total. The van der Waals surface area contributed by atoms with E-state index >= 15 is 0 Å². The highest BCUT2D eigenvalue weighted by atomic mass is 32.1. The number of anilines is 1. The first-order chi connectivity index (χ1) is 9.04. The molecular formula is C15H18N2OS. The maximum Gasteiger partial charge on any atom is 0.224 e. The van der Waals surface area contributed by atoms with Crippen molar-refractivity contribution in [3.05, 3.63) is 45.4 Å². The van der Waals surface area contributed by atoms with Crippen LogP contribution in [0, 0.1) is 20.8 Å². The summed E-state index contributed by atoms with van der Waals surface area (Å²) in [6.45, 7) is 6.07. The Balaban J connectivity index is 1.88. The van der Waals surface area contributed by atoms with Crippen LogP contribution in [0.2, 0.25) is 0 Å². The van der Waals surface area contributed by atoms with Gasteiger partial charge in [0, 0.05) is 29.6 Å². The first-order valence-corrected chi connectivity index (χ1v) is 7.20. The molecule has 0 aliphatic carbocycles. The molecule has 0 radical (unpaired) electrons. The third-order valence-electron chi connectivity index (χ3n) is 3.02. The molecule has 0 fully saturated rings. The summed E-state index contributed by atoms with van der Waals surface area (Å²) in [5.74, 6) is 0.0381. The van der Waals surface area contributed by atoms with E-state index in [9.17, 15) is 4.79 Å². The lowest BCUT2D eigenvalue weighted by Gasteiger charge is -2.07. The molecule has 1 aromatic carbocycles. The minimum absolute atomic E-state index is 0.0381. The van der Waals surface area contributed by atoms with Gasteiger partial charge in [-0.05, 0) is 44.0 Å². The van der Waals surface area contributed by atoms with E-state index in [-0.39, 0.29) is 5.91 Å². The van der Waals surface area contributed by atoms with E-state index in [0.29, 0.717) is 12.8 Å². The van der Waals surface area contributed by atoms with Crippen molar-refractivity contribution < 1.29 is 4.79 Å². The van der Waals surface area contributed by atoms with Crippen LogP contribution in [0.3, 0.4) is 0 Å². The normalized spacial score (nSPS) is 10.5. The summed E-state index contributed by atoms with van der Waals surface area (Å²) in [5.41, 5.74) is 4.31. The number of carbonyl (C=O) groups excluding carboxylic acids is 1. The number of hydrogen-bond acceptors (Lipinski definition) is 3. The highest BCUT2D eigenvalue weighted by Crippen LogP contribution is 2.15. The van der Waals surface area contributed by atoms with Crippen molar-refractivity contribution in [3.63, 3.8) is 0 Å². The molecule has 1 aromatic heterocycles. The zero-order chi connectivity index (χ0) is 13.8. The Bertz CT molecular complexity index is 590. The fourth-order valence-electron chi connectivity index (χ4n) is 1.78. The monoisotopic (exact) mass is 274 g/mol.